The lowest BCUT2D eigenvalue weighted by atomic mass is 10.1. The summed E-state index contributed by atoms with van der Waals surface area (Å²) in [4.78, 5) is 20.3. The fourth-order valence-corrected chi connectivity index (χ4v) is 1.46. The molecule has 2 rings (SSSR count). The molecule has 1 heterocycles. The summed E-state index contributed by atoms with van der Waals surface area (Å²) in [5.74, 6) is -2.09. The van der Waals surface area contributed by atoms with Crippen LogP contribution in [0.2, 0.25) is 0 Å². The highest BCUT2D eigenvalue weighted by Crippen LogP contribution is 2.29. The van der Waals surface area contributed by atoms with Crippen LogP contribution >= 0.6 is 0 Å². The van der Waals surface area contributed by atoms with Gasteiger partial charge < -0.3 is 9.42 Å². The molecule has 0 aliphatic heterocycles. The zero-order valence-electron chi connectivity index (χ0n) is 11.6. The van der Waals surface area contributed by atoms with Gasteiger partial charge in [-0.2, -0.15) is 23.1 Å². The van der Waals surface area contributed by atoms with Crippen molar-refractivity contribution >= 4 is 12.2 Å². The predicted molar refractivity (Wildman–Crippen MR) is 71.2 cm³/mol. The van der Waals surface area contributed by atoms with Crippen LogP contribution in [0, 0.1) is 0 Å². The van der Waals surface area contributed by atoms with Gasteiger partial charge in [0.25, 0.3) is 5.91 Å². The average molecular weight is 312 g/mol. The van der Waals surface area contributed by atoms with Gasteiger partial charge in [0, 0.05) is 25.2 Å². The molecular formula is C13H11F3N4O2. The molecule has 0 aliphatic carbocycles. The lowest BCUT2D eigenvalue weighted by Crippen LogP contribution is -2.09. The molecule has 1 aromatic heterocycles. The van der Waals surface area contributed by atoms with Crippen LogP contribution in [-0.2, 0) is 6.18 Å². The molecule has 22 heavy (non-hydrogen) atoms. The standard InChI is InChI=1S/C13H11F3N4O2/c1-20(2)7-17-11(21)9-5-3-8(4-6-9)10-18-12(22-19-10)13(14,15)16/h3-7H,1-2H3/b17-7+. The van der Waals surface area contributed by atoms with Gasteiger partial charge in [-0.15, -0.1) is 0 Å². The molecule has 0 atom stereocenters. The van der Waals surface area contributed by atoms with E-state index in [9.17, 15) is 18.0 Å². The maximum atomic E-state index is 12.4. The van der Waals surface area contributed by atoms with E-state index in [0.717, 1.165) is 0 Å². The van der Waals surface area contributed by atoms with Gasteiger partial charge in [0.2, 0.25) is 5.82 Å². The molecule has 6 nitrogen and oxygen atoms in total. The summed E-state index contributed by atoms with van der Waals surface area (Å²) in [6.07, 6.45) is -3.34. The smallest absolute Gasteiger partial charge is 0.369 e. The average Bonchev–Trinajstić information content (AvgIpc) is 2.94. The van der Waals surface area contributed by atoms with Gasteiger partial charge >= 0.3 is 12.1 Å². The fraction of sp³-hybridized carbons (Fsp3) is 0.231. The number of hydrogen-bond donors (Lipinski definition) is 0. The minimum atomic E-state index is -4.69. The minimum absolute atomic E-state index is 0.205. The van der Waals surface area contributed by atoms with Crippen molar-refractivity contribution < 1.29 is 22.5 Å². The Kier molecular flexibility index (Phi) is 4.25. The van der Waals surface area contributed by atoms with Crippen molar-refractivity contribution in [3.05, 3.63) is 35.7 Å². The molecule has 0 spiro atoms. The van der Waals surface area contributed by atoms with Crippen molar-refractivity contribution in [2.45, 2.75) is 6.18 Å². The van der Waals surface area contributed by atoms with Crippen molar-refractivity contribution in [3.63, 3.8) is 0 Å². The second kappa shape index (κ2) is 5.96. The Morgan fingerprint density at radius 3 is 2.41 bits per heavy atom. The van der Waals surface area contributed by atoms with Crippen LogP contribution < -0.4 is 0 Å². The van der Waals surface area contributed by atoms with Crippen molar-refractivity contribution in [1.29, 1.82) is 0 Å². The number of carbonyl (C=O) groups excluding carboxylic acids is 1. The quantitative estimate of drug-likeness (QED) is 0.643. The van der Waals surface area contributed by atoms with Crippen LogP contribution in [0.4, 0.5) is 13.2 Å². The number of nitrogens with zero attached hydrogens (tertiary/aromatic N) is 4. The summed E-state index contributed by atoms with van der Waals surface area (Å²) in [5, 5.41) is 3.26. The Morgan fingerprint density at radius 1 is 1.27 bits per heavy atom. The zero-order chi connectivity index (χ0) is 16.3. The molecule has 0 aliphatic rings. The topological polar surface area (TPSA) is 71.6 Å². The molecule has 0 saturated carbocycles. The first-order valence-corrected chi connectivity index (χ1v) is 6.03. The molecule has 1 amide bonds. The number of halogens is 3. The first kappa shape index (κ1) is 15.7. The number of amides is 1. The van der Waals surface area contributed by atoms with Crippen molar-refractivity contribution in [2.75, 3.05) is 14.1 Å². The lowest BCUT2D eigenvalue weighted by molar-refractivity contribution is -0.159. The van der Waals surface area contributed by atoms with Crippen LogP contribution in [0.15, 0.2) is 33.8 Å². The van der Waals surface area contributed by atoms with E-state index in [4.69, 9.17) is 0 Å². The monoisotopic (exact) mass is 312 g/mol. The van der Waals surface area contributed by atoms with E-state index in [2.05, 4.69) is 19.7 Å². The van der Waals surface area contributed by atoms with Gasteiger partial charge in [-0.3, -0.25) is 4.79 Å². The molecule has 0 N–H and O–H groups in total. The Bertz CT molecular complexity index is 690. The van der Waals surface area contributed by atoms with Crippen molar-refractivity contribution in [3.8, 4) is 11.4 Å². The largest absolute Gasteiger partial charge is 0.471 e. The summed E-state index contributed by atoms with van der Waals surface area (Å²) in [6.45, 7) is 0. The Hall–Kier alpha value is -2.71. The highest BCUT2D eigenvalue weighted by molar-refractivity contribution is 5.98. The Balaban J connectivity index is 2.19. The molecule has 1 aromatic carbocycles. The van der Waals surface area contributed by atoms with Gasteiger partial charge in [0.15, 0.2) is 0 Å². The maximum Gasteiger partial charge on any atom is 0.471 e. The van der Waals surface area contributed by atoms with Gasteiger partial charge in [0.1, 0.15) is 0 Å². The third kappa shape index (κ3) is 3.68. The first-order chi connectivity index (χ1) is 10.3. The summed E-state index contributed by atoms with van der Waals surface area (Å²) in [7, 11) is 3.43. The normalized spacial score (nSPS) is 11.9. The number of benzene rings is 1. The van der Waals surface area contributed by atoms with Crippen LogP contribution in [0.5, 0.6) is 0 Å². The van der Waals surface area contributed by atoms with E-state index < -0.39 is 18.0 Å². The second-order valence-corrected chi connectivity index (χ2v) is 4.51. The van der Waals surface area contributed by atoms with E-state index in [1.165, 1.54) is 30.6 Å². The number of aliphatic imine (C=N–C) groups is 1. The van der Waals surface area contributed by atoms with Crippen LogP contribution in [0.25, 0.3) is 11.4 Å². The van der Waals surface area contributed by atoms with E-state index in [1.807, 2.05) is 0 Å². The number of carbonyl (C=O) groups is 1. The van der Waals surface area contributed by atoms with E-state index in [0.29, 0.717) is 11.1 Å². The minimum Gasteiger partial charge on any atom is -0.369 e. The van der Waals surface area contributed by atoms with Crippen molar-refractivity contribution in [1.82, 2.24) is 15.0 Å². The van der Waals surface area contributed by atoms with E-state index in [1.54, 1.807) is 19.0 Å². The predicted octanol–water partition coefficient (Wildman–Crippen LogP) is 2.49. The number of rotatable bonds is 3. The van der Waals surface area contributed by atoms with Crippen LogP contribution in [0.1, 0.15) is 16.2 Å². The number of alkyl halides is 3. The van der Waals surface area contributed by atoms with Gasteiger partial charge in [0.05, 0.1) is 6.34 Å². The summed E-state index contributed by atoms with van der Waals surface area (Å²) in [6, 6.07) is 5.69. The van der Waals surface area contributed by atoms with E-state index in [-0.39, 0.29) is 5.82 Å². The highest BCUT2D eigenvalue weighted by atomic mass is 19.4. The molecular weight excluding hydrogens is 301 g/mol. The van der Waals surface area contributed by atoms with Crippen molar-refractivity contribution in [2.24, 2.45) is 4.99 Å². The zero-order valence-corrected chi connectivity index (χ0v) is 11.6. The fourth-order valence-electron chi connectivity index (χ4n) is 1.46. The van der Waals surface area contributed by atoms with Gasteiger partial charge in [-0.1, -0.05) is 17.3 Å². The summed E-state index contributed by atoms with van der Waals surface area (Å²) in [5.41, 5.74) is 0.591. The summed E-state index contributed by atoms with van der Waals surface area (Å²) >= 11 is 0. The molecule has 0 unspecified atom stereocenters. The molecule has 116 valence electrons. The van der Waals surface area contributed by atoms with E-state index >= 15 is 0 Å². The van der Waals surface area contributed by atoms with Gasteiger partial charge in [-0.05, 0) is 12.1 Å². The second-order valence-electron chi connectivity index (χ2n) is 4.51. The maximum absolute atomic E-state index is 12.4. The molecule has 9 heteroatoms. The third-order valence-corrected chi connectivity index (χ3v) is 2.46. The van der Waals surface area contributed by atoms with Crippen LogP contribution in [0.3, 0.4) is 0 Å². The highest BCUT2D eigenvalue weighted by Gasteiger charge is 2.38. The molecule has 0 radical (unpaired) electrons. The molecule has 0 saturated heterocycles. The molecule has 0 bridgehead atoms. The SMILES string of the molecule is CN(C)/C=N/C(=O)c1ccc(-c2noc(C(F)(F)F)n2)cc1. The number of aromatic nitrogens is 2. The summed E-state index contributed by atoms with van der Waals surface area (Å²) < 4.78 is 41.3. The third-order valence-electron chi connectivity index (χ3n) is 2.46. The lowest BCUT2D eigenvalue weighted by Gasteiger charge is -2.02. The molecule has 0 fully saturated rings. The first-order valence-electron chi connectivity index (χ1n) is 6.03. The number of hydrogen-bond acceptors (Lipinski definition) is 4. The van der Waals surface area contributed by atoms with Gasteiger partial charge in [-0.25, -0.2) is 0 Å². The molecule has 2 aromatic rings. The van der Waals surface area contributed by atoms with Crippen LogP contribution in [-0.4, -0.2) is 41.4 Å². The Morgan fingerprint density at radius 2 is 1.91 bits per heavy atom. The Labute approximate surface area is 123 Å².